The second-order valence-corrected chi connectivity index (χ2v) is 15.4. The maximum atomic E-state index is 13.7. The highest BCUT2D eigenvalue weighted by Gasteiger charge is 2.38. The molecule has 0 fully saturated rings. The van der Waals surface area contributed by atoms with E-state index < -0.39 is 38.9 Å². The predicted octanol–water partition coefficient (Wildman–Crippen LogP) is 7.47. The maximum Gasteiger partial charge on any atom is 0.265 e. The van der Waals surface area contributed by atoms with Crippen LogP contribution in [0.25, 0.3) is 0 Å². The summed E-state index contributed by atoms with van der Waals surface area (Å²) >= 11 is 34.0. The van der Waals surface area contributed by atoms with Gasteiger partial charge in [0.2, 0.25) is 6.10 Å². The van der Waals surface area contributed by atoms with Crippen molar-refractivity contribution in [3.8, 4) is 0 Å². The molecule has 0 radical (unpaired) electrons. The van der Waals surface area contributed by atoms with Crippen LogP contribution in [0.5, 0.6) is 0 Å². The van der Waals surface area contributed by atoms with Crippen LogP contribution in [0.2, 0.25) is 0 Å². The third-order valence-corrected chi connectivity index (χ3v) is 12.5. The molecular weight excluding hydrogens is 1310 g/mol. The number of hydrogen-bond acceptors (Lipinski definition) is 7. The van der Waals surface area contributed by atoms with Crippen molar-refractivity contribution in [2.24, 2.45) is 0 Å². The molecule has 41 heavy (non-hydrogen) atoms. The van der Waals surface area contributed by atoms with E-state index in [0.717, 1.165) is 16.9 Å². The third kappa shape index (κ3) is 7.76. The SMILES string of the molecule is COC(C(=O)N(C)c1c(I)c(C(=O)Cl)c(I)c(C(=O)Cl)c1I)C(=O)N(C)c1c(I)c(C(=O)Cl)c(I)c(C(=O)Cl)c1I. The number of benzene rings is 2. The van der Waals surface area contributed by atoms with Crippen LogP contribution in [0.15, 0.2) is 0 Å². The van der Waals surface area contributed by atoms with Gasteiger partial charge in [-0.1, -0.05) is 0 Å². The van der Waals surface area contributed by atoms with Crippen LogP contribution < -0.4 is 9.80 Å². The van der Waals surface area contributed by atoms with E-state index in [1.165, 1.54) is 14.1 Å². The average molecular weight is 1320 g/mol. The summed E-state index contributed by atoms with van der Waals surface area (Å²) in [5.41, 5.74) is 0.0525. The molecule has 0 aliphatic carbocycles. The summed E-state index contributed by atoms with van der Waals surface area (Å²) in [6.07, 6.45) is -1.75. The van der Waals surface area contributed by atoms with Crippen LogP contribution in [0, 0.1) is 21.4 Å². The summed E-state index contributed by atoms with van der Waals surface area (Å²) in [7, 11) is 3.79. The fraction of sp³-hybridized carbons (Fsp3) is 0.182. The summed E-state index contributed by atoms with van der Waals surface area (Å²) in [5.74, 6) is -1.75. The van der Waals surface area contributed by atoms with E-state index in [0.29, 0.717) is 0 Å². The second-order valence-electron chi connectivity index (χ2n) is 7.59. The molecule has 9 nitrogen and oxygen atoms in total. The van der Waals surface area contributed by atoms with Gasteiger partial charge in [-0.25, -0.2) is 0 Å². The lowest BCUT2D eigenvalue weighted by atomic mass is 10.1. The molecule has 2 aromatic rings. The standard InChI is InChI=1S/C22H10Cl4I6N2O7/c1-33(14-10(29)4(17(23)35)8(27)5(11(14)30)18(24)36)21(39)16(41-3)22(40)34(2)15-12(31)6(19(25)37)9(28)7(13(15)32)20(26)38/h16H,1-3H3. The van der Waals surface area contributed by atoms with Crippen LogP contribution in [0.3, 0.4) is 0 Å². The molecule has 2 amide bonds. The van der Waals surface area contributed by atoms with Gasteiger partial charge in [0.25, 0.3) is 32.8 Å². The first kappa shape index (κ1) is 38.7. The number of rotatable bonds is 9. The molecule has 0 aliphatic rings. The molecule has 0 aliphatic heterocycles. The van der Waals surface area contributed by atoms with Crippen molar-refractivity contribution in [2.75, 3.05) is 31.0 Å². The number of amides is 2. The summed E-state index contributed by atoms with van der Waals surface area (Å²) in [6, 6.07) is 0. The van der Waals surface area contributed by atoms with Crippen molar-refractivity contribution >= 4 is 226 Å². The molecule has 19 heteroatoms. The first-order valence-corrected chi connectivity index (χ1v) is 18.1. The van der Waals surface area contributed by atoms with Crippen molar-refractivity contribution in [3.05, 3.63) is 43.7 Å². The monoisotopic (exact) mass is 1320 g/mol. The Hall–Kier alpha value is 1.56. The van der Waals surface area contributed by atoms with Crippen molar-refractivity contribution < 1.29 is 33.5 Å². The van der Waals surface area contributed by atoms with Crippen LogP contribution >= 0.6 is 182 Å². The lowest BCUT2D eigenvalue weighted by Gasteiger charge is -2.29. The number of likely N-dealkylation sites (N-methyl/N-ethyl adjacent to an activating group) is 2. The van der Waals surface area contributed by atoms with Gasteiger partial charge in [-0.05, 0) is 182 Å². The van der Waals surface area contributed by atoms with Crippen molar-refractivity contribution in [1.82, 2.24) is 0 Å². The minimum atomic E-state index is -1.75. The maximum absolute atomic E-state index is 13.7. The Labute approximate surface area is 335 Å². The zero-order valence-electron chi connectivity index (χ0n) is 20.1. The van der Waals surface area contributed by atoms with E-state index in [-0.39, 0.29) is 55.0 Å². The first-order valence-electron chi connectivity index (χ1n) is 10.1. The number of carbonyl (C=O) groups excluding carboxylic acids is 6. The van der Waals surface area contributed by atoms with E-state index in [1.807, 2.05) is 90.4 Å². The molecular formula is C22H10Cl4I6N2O7. The topological polar surface area (TPSA) is 118 Å². The van der Waals surface area contributed by atoms with Crippen LogP contribution in [-0.2, 0) is 14.3 Å². The highest BCUT2D eigenvalue weighted by Crippen LogP contribution is 2.41. The van der Waals surface area contributed by atoms with E-state index in [9.17, 15) is 28.8 Å². The number of anilines is 2. The largest absolute Gasteiger partial charge is 0.362 e. The minimum Gasteiger partial charge on any atom is -0.362 e. The van der Waals surface area contributed by atoms with Gasteiger partial charge in [-0.15, -0.1) is 0 Å². The molecule has 220 valence electrons. The number of carbonyl (C=O) groups is 6. The Morgan fingerprint density at radius 2 is 0.756 bits per heavy atom. The fourth-order valence-corrected chi connectivity index (χ4v) is 15.2. The van der Waals surface area contributed by atoms with Gasteiger partial charge >= 0.3 is 0 Å². The Morgan fingerprint density at radius 3 is 0.927 bits per heavy atom. The van der Waals surface area contributed by atoms with Gasteiger partial charge in [-0.3, -0.25) is 28.8 Å². The normalized spacial score (nSPS) is 11.0. The first-order chi connectivity index (χ1) is 18.8. The molecule has 0 saturated carbocycles. The third-order valence-electron chi connectivity index (χ3n) is 5.39. The van der Waals surface area contributed by atoms with E-state index in [2.05, 4.69) is 0 Å². The van der Waals surface area contributed by atoms with E-state index >= 15 is 0 Å². The van der Waals surface area contributed by atoms with Gasteiger partial charge in [-0.2, -0.15) is 0 Å². The molecule has 0 N–H and O–H groups in total. The highest BCUT2D eigenvalue weighted by atomic mass is 127. The molecule has 0 spiro atoms. The van der Waals surface area contributed by atoms with Crippen molar-refractivity contribution in [1.29, 1.82) is 0 Å². The zero-order chi connectivity index (χ0) is 31.8. The Balaban J connectivity index is 2.74. The Kier molecular flexibility index (Phi) is 15.0. The van der Waals surface area contributed by atoms with Crippen LogP contribution in [0.4, 0.5) is 11.4 Å². The molecule has 0 atom stereocenters. The molecule has 2 rings (SSSR count). The van der Waals surface area contributed by atoms with Crippen molar-refractivity contribution in [3.63, 3.8) is 0 Å². The molecule has 0 saturated heterocycles. The number of nitrogens with zero attached hydrogens (tertiary/aromatic N) is 2. The summed E-state index contributed by atoms with van der Waals surface area (Å²) in [6.45, 7) is 0. The number of methoxy groups -OCH3 is 1. The molecule has 0 unspecified atom stereocenters. The van der Waals surface area contributed by atoms with E-state index in [1.54, 1.807) is 45.2 Å². The van der Waals surface area contributed by atoms with Gasteiger partial charge in [0.15, 0.2) is 0 Å². The lowest BCUT2D eigenvalue weighted by molar-refractivity contribution is -0.139. The number of hydrogen-bond donors (Lipinski definition) is 0. The zero-order valence-corrected chi connectivity index (χ0v) is 36.1. The predicted molar refractivity (Wildman–Crippen MR) is 208 cm³/mol. The van der Waals surface area contributed by atoms with Crippen molar-refractivity contribution in [2.45, 2.75) is 6.10 Å². The molecule has 0 heterocycles. The van der Waals surface area contributed by atoms with Gasteiger partial charge in [0.05, 0.1) is 47.9 Å². The Morgan fingerprint density at radius 1 is 0.537 bits per heavy atom. The molecule has 2 aromatic carbocycles. The summed E-state index contributed by atoms with van der Waals surface area (Å²) in [5, 5.41) is -3.53. The molecule has 0 bridgehead atoms. The molecule has 0 aromatic heterocycles. The Bertz CT molecular complexity index is 1360. The van der Waals surface area contributed by atoms with Gasteiger partial charge < -0.3 is 14.5 Å². The fourth-order valence-electron chi connectivity index (χ4n) is 3.46. The average Bonchev–Trinajstić information content (AvgIpc) is 2.82. The van der Waals surface area contributed by atoms with E-state index in [4.69, 9.17) is 51.1 Å². The summed E-state index contributed by atoms with van der Waals surface area (Å²) < 4.78 is 6.67. The summed E-state index contributed by atoms with van der Waals surface area (Å²) in [4.78, 5) is 78.5. The number of ether oxygens (including phenoxy) is 1. The number of halogens is 10. The van der Waals surface area contributed by atoms with Gasteiger partial charge in [0.1, 0.15) is 0 Å². The highest BCUT2D eigenvalue weighted by molar-refractivity contribution is 14.1. The second kappa shape index (κ2) is 15.9. The quantitative estimate of drug-likeness (QED) is 0.145. The lowest BCUT2D eigenvalue weighted by Crippen LogP contribution is -2.49. The van der Waals surface area contributed by atoms with Gasteiger partial charge in [0, 0.05) is 28.3 Å². The minimum absolute atomic E-state index is 0.0381. The van der Waals surface area contributed by atoms with Crippen LogP contribution in [-0.4, -0.2) is 60.1 Å². The smallest absolute Gasteiger partial charge is 0.265 e. The van der Waals surface area contributed by atoms with Crippen LogP contribution in [0.1, 0.15) is 41.4 Å².